The predicted octanol–water partition coefficient (Wildman–Crippen LogP) is 1.57. The molecule has 5 heteroatoms. The van der Waals surface area contributed by atoms with Crippen LogP contribution in [0.2, 0.25) is 0 Å². The minimum absolute atomic E-state index is 0.0718. The maximum Gasteiger partial charge on any atom is 0.235 e. The van der Waals surface area contributed by atoms with Crippen molar-refractivity contribution < 1.29 is 9.90 Å². The molecule has 0 saturated heterocycles. The number of carbonyl (C=O) groups excluding carboxylic acids is 1. The summed E-state index contributed by atoms with van der Waals surface area (Å²) in [5.74, 6) is -0.0718. The van der Waals surface area contributed by atoms with Crippen LogP contribution in [-0.2, 0) is 4.79 Å². The number of aliphatic hydroxyl groups excluding tert-OH is 1. The van der Waals surface area contributed by atoms with Crippen molar-refractivity contribution in [3.8, 4) is 6.07 Å². The number of amides is 1. The summed E-state index contributed by atoms with van der Waals surface area (Å²) < 4.78 is 0. The van der Waals surface area contributed by atoms with Crippen LogP contribution >= 0.6 is 0 Å². The zero-order valence-electron chi connectivity index (χ0n) is 12.8. The van der Waals surface area contributed by atoms with Crippen LogP contribution in [0.4, 0.5) is 0 Å². The molecule has 1 amide bonds. The van der Waals surface area contributed by atoms with E-state index in [0.29, 0.717) is 19.1 Å². The molecule has 0 atom stereocenters. The van der Waals surface area contributed by atoms with Gasteiger partial charge in [-0.3, -0.25) is 9.69 Å². The summed E-state index contributed by atoms with van der Waals surface area (Å²) in [5.41, 5.74) is -0.644. The highest BCUT2D eigenvalue weighted by Gasteiger charge is 2.36. The number of aliphatic hydroxyl groups is 1. The van der Waals surface area contributed by atoms with Gasteiger partial charge in [0.25, 0.3) is 0 Å². The van der Waals surface area contributed by atoms with E-state index in [-0.39, 0.29) is 12.5 Å². The second-order valence-electron chi connectivity index (χ2n) is 6.44. The van der Waals surface area contributed by atoms with Crippen molar-refractivity contribution in [2.24, 2.45) is 0 Å². The second kappa shape index (κ2) is 7.77. The molecule has 2 aliphatic rings. The van der Waals surface area contributed by atoms with Crippen LogP contribution in [0.1, 0.15) is 57.8 Å². The first kappa shape index (κ1) is 16.3. The third-order valence-electron chi connectivity index (χ3n) is 4.87. The molecular formula is C16H27N3O2. The highest BCUT2D eigenvalue weighted by molar-refractivity contribution is 5.79. The Hall–Kier alpha value is -1.12. The fraction of sp³-hybridized carbons (Fsp3) is 0.875. The van der Waals surface area contributed by atoms with E-state index in [0.717, 1.165) is 38.5 Å². The van der Waals surface area contributed by atoms with Gasteiger partial charge < -0.3 is 10.4 Å². The summed E-state index contributed by atoms with van der Waals surface area (Å²) in [6.45, 7) is 0.916. The van der Waals surface area contributed by atoms with Crippen molar-refractivity contribution >= 4 is 5.91 Å². The monoisotopic (exact) mass is 293 g/mol. The van der Waals surface area contributed by atoms with E-state index >= 15 is 0 Å². The first-order chi connectivity index (χ1) is 10.2. The number of nitrogens with zero attached hydrogens (tertiary/aromatic N) is 2. The molecule has 0 aromatic heterocycles. The smallest absolute Gasteiger partial charge is 0.235 e. The van der Waals surface area contributed by atoms with Crippen molar-refractivity contribution in [3.63, 3.8) is 0 Å². The maximum atomic E-state index is 12.3. The number of nitrogens with one attached hydrogen (secondary N) is 1. The van der Waals surface area contributed by atoms with Crippen LogP contribution in [0.5, 0.6) is 0 Å². The fourth-order valence-corrected chi connectivity index (χ4v) is 3.70. The van der Waals surface area contributed by atoms with E-state index < -0.39 is 5.54 Å². The molecule has 0 aromatic carbocycles. The van der Waals surface area contributed by atoms with Gasteiger partial charge in [-0.15, -0.1) is 0 Å². The van der Waals surface area contributed by atoms with E-state index in [2.05, 4.69) is 16.3 Å². The molecule has 0 heterocycles. The first-order valence-electron chi connectivity index (χ1n) is 8.26. The van der Waals surface area contributed by atoms with Gasteiger partial charge in [-0.2, -0.15) is 5.26 Å². The first-order valence-corrected chi connectivity index (χ1v) is 8.26. The molecule has 2 N–H and O–H groups in total. The van der Waals surface area contributed by atoms with Gasteiger partial charge >= 0.3 is 0 Å². The average Bonchev–Trinajstić information content (AvgIpc) is 2.97. The molecule has 5 nitrogen and oxygen atoms in total. The second-order valence-corrected chi connectivity index (χ2v) is 6.44. The van der Waals surface area contributed by atoms with Gasteiger partial charge in [-0.05, 0) is 38.5 Å². The Bertz CT molecular complexity index is 379. The highest BCUT2D eigenvalue weighted by atomic mass is 16.3. The normalized spacial score (nSPS) is 22.1. The van der Waals surface area contributed by atoms with Gasteiger partial charge in [0.2, 0.25) is 5.91 Å². The number of hydrogen-bond donors (Lipinski definition) is 2. The van der Waals surface area contributed by atoms with Crippen LogP contribution in [0.3, 0.4) is 0 Å². The zero-order valence-corrected chi connectivity index (χ0v) is 12.8. The summed E-state index contributed by atoms with van der Waals surface area (Å²) in [6.07, 6.45) is 9.44. The van der Waals surface area contributed by atoms with Crippen molar-refractivity contribution in [3.05, 3.63) is 0 Å². The van der Waals surface area contributed by atoms with Gasteiger partial charge in [0, 0.05) is 12.6 Å². The molecule has 2 fully saturated rings. The summed E-state index contributed by atoms with van der Waals surface area (Å²) in [4.78, 5) is 14.4. The Morgan fingerprint density at radius 3 is 2.48 bits per heavy atom. The van der Waals surface area contributed by atoms with Crippen LogP contribution in [0.25, 0.3) is 0 Å². The van der Waals surface area contributed by atoms with Crippen molar-refractivity contribution in [2.45, 2.75) is 69.4 Å². The van der Waals surface area contributed by atoms with E-state index in [1.54, 1.807) is 0 Å². The number of carbonyl (C=O) groups is 1. The lowest BCUT2D eigenvalue weighted by atomic mass is 9.94. The molecule has 2 saturated carbocycles. The third-order valence-corrected chi connectivity index (χ3v) is 4.87. The highest BCUT2D eigenvalue weighted by Crippen LogP contribution is 2.29. The predicted molar refractivity (Wildman–Crippen MR) is 80.5 cm³/mol. The molecule has 2 rings (SSSR count). The molecule has 0 aromatic rings. The zero-order chi connectivity index (χ0) is 15.1. The molecular weight excluding hydrogens is 266 g/mol. The molecule has 0 radical (unpaired) electrons. The Kier molecular flexibility index (Phi) is 6.01. The lowest BCUT2D eigenvalue weighted by molar-refractivity contribution is -0.124. The van der Waals surface area contributed by atoms with Crippen molar-refractivity contribution in [2.75, 3.05) is 19.7 Å². The lowest BCUT2D eigenvalue weighted by Gasteiger charge is -2.34. The molecule has 0 unspecified atom stereocenters. The van der Waals surface area contributed by atoms with Gasteiger partial charge in [-0.1, -0.05) is 19.3 Å². The largest absolute Gasteiger partial charge is 0.395 e. The summed E-state index contributed by atoms with van der Waals surface area (Å²) >= 11 is 0. The molecule has 0 spiro atoms. The Labute approximate surface area is 127 Å². The van der Waals surface area contributed by atoms with Crippen LogP contribution < -0.4 is 5.32 Å². The van der Waals surface area contributed by atoms with Crippen LogP contribution in [0.15, 0.2) is 0 Å². The average molecular weight is 293 g/mol. The van der Waals surface area contributed by atoms with Gasteiger partial charge in [0.15, 0.2) is 0 Å². The van der Waals surface area contributed by atoms with E-state index in [1.165, 1.54) is 19.3 Å². The van der Waals surface area contributed by atoms with Gasteiger partial charge in [0.05, 0.1) is 19.2 Å². The molecule has 2 aliphatic carbocycles. The summed E-state index contributed by atoms with van der Waals surface area (Å²) in [5, 5.41) is 21.5. The maximum absolute atomic E-state index is 12.3. The van der Waals surface area contributed by atoms with E-state index in [9.17, 15) is 15.2 Å². The Balaban J connectivity index is 1.89. The van der Waals surface area contributed by atoms with Gasteiger partial charge in [-0.25, -0.2) is 0 Å². The quantitative estimate of drug-likeness (QED) is 0.779. The Morgan fingerprint density at radius 2 is 1.90 bits per heavy atom. The van der Waals surface area contributed by atoms with Gasteiger partial charge in [0.1, 0.15) is 5.54 Å². The lowest BCUT2D eigenvalue weighted by Crippen LogP contribution is -2.51. The van der Waals surface area contributed by atoms with Crippen LogP contribution in [-0.4, -0.2) is 47.2 Å². The van der Waals surface area contributed by atoms with E-state index in [1.807, 2.05) is 0 Å². The molecule has 0 aliphatic heterocycles. The van der Waals surface area contributed by atoms with E-state index in [4.69, 9.17) is 0 Å². The molecule has 21 heavy (non-hydrogen) atoms. The standard InChI is InChI=1S/C16H27N3O2/c17-13-16(8-4-5-9-16)18-15(21)12-19(10-11-20)14-6-2-1-3-7-14/h14,20H,1-12H2,(H,18,21). The topological polar surface area (TPSA) is 76.4 Å². The summed E-state index contributed by atoms with van der Waals surface area (Å²) in [7, 11) is 0. The van der Waals surface area contributed by atoms with Crippen molar-refractivity contribution in [1.29, 1.82) is 5.26 Å². The molecule has 0 bridgehead atoms. The number of hydrogen-bond acceptors (Lipinski definition) is 4. The molecule has 118 valence electrons. The number of nitriles is 1. The Morgan fingerprint density at radius 1 is 1.24 bits per heavy atom. The van der Waals surface area contributed by atoms with Crippen LogP contribution in [0, 0.1) is 11.3 Å². The fourth-order valence-electron chi connectivity index (χ4n) is 3.70. The minimum atomic E-state index is -0.644. The minimum Gasteiger partial charge on any atom is -0.395 e. The third kappa shape index (κ3) is 4.42. The number of rotatable bonds is 6. The van der Waals surface area contributed by atoms with Crippen molar-refractivity contribution in [1.82, 2.24) is 10.2 Å². The SMILES string of the molecule is N#CC1(NC(=O)CN(CCO)C2CCCCC2)CCCC1. The summed E-state index contributed by atoms with van der Waals surface area (Å²) in [6, 6.07) is 2.69.